The third-order valence-electron chi connectivity index (χ3n) is 2.86. The quantitative estimate of drug-likeness (QED) is 0.449. The minimum absolute atomic E-state index is 0.0256. The van der Waals surface area contributed by atoms with Crippen LogP contribution in [0, 0.1) is 22.7 Å². The molecule has 1 aromatic carbocycles. The molecule has 0 aliphatic rings. The fourth-order valence-corrected chi connectivity index (χ4v) is 1.65. The maximum Gasteiger partial charge on any atom is 0.331 e. The first kappa shape index (κ1) is 17.9. The van der Waals surface area contributed by atoms with Gasteiger partial charge in [0.15, 0.2) is 23.9 Å². The van der Waals surface area contributed by atoms with Crippen molar-refractivity contribution >= 4 is 23.5 Å². The second-order valence-electron chi connectivity index (χ2n) is 4.58. The predicted molar refractivity (Wildman–Crippen MR) is 82.2 cm³/mol. The monoisotopic (exact) mass is 316 g/mol. The number of ether oxygens (including phenoxy) is 2. The molecule has 1 aromatic rings. The van der Waals surface area contributed by atoms with Crippen LogP contribution in [-0.2, 0) is 14.3 Å². The van der Waals surface area contributed by atoms with E-state index in [0.717, 1.165) is 6.08 Å². The summed E-state index contributed by atoms with van der Waals surface area (Å²) in [7, 11) is 1.40. The van der Waals surface area contributed by atoms with Crippen LogP contribution in [0.2, 0.25) is 0 Å². The summed E-state index contributed by atoms with van der Waals surface area (Å²) in [4.78, 5) is 23.2. The van der Waals surface area contributed by atoms with Crippen LogP contribution in [0.3, 0.4) is 0 Å². The van der Waals surface area contributed by atoms with Crippen LogP contribution < -0.4 is 4.74 Å². The molecule has 1 unspecified atom stereocenters. The average Bonchev–Trinajstić information content (AvgIpc) is 2.52. The first-order valence-corrected chi connectivity index (χ1v) is 6.58. The van der Waals surface area contributed by atoms with Gasteiger partial charge >= 0.3 is 5.97 Å². The molecule has 0 saturated carbocycles. The van der Waals surface area contributed by atoms with Crippen molar-refractivity contribution in [1.29, 1.82) is 10.7 Å². The van der Waals surface area contributed by atoms with Gasteiger partial charge in [0.2, 0.25) is 0 Å². The van der Waals surface area contributed by atoms with Gasteiger partial charge in [0.1, 0.15) is 5.92 Å². The summed E-state index contributed by atoms with van der Waals surface area (Å²) in [5.74, 6) is -2.37. The van der Waals surface area contributed by atoms with Gasteiger partial charge in [0.25, 0.3) is 0 Å². The van der Waals surface area contributed by atoms with Gasteiger partial charge in [-0.05, 0) is 30.7 Å². The molecular formula is C16H16N2O5. The van der Waals surface area contributed by atoms with Crippen LogP contribution in [0.15, 0.2) is 24.3 Å². The number of Topliss-reactive ketones (excluding diaryl/α,β-unsaturated/α-hetero) is 1. The normalized spacial score (nSPS) is 11.5. The molecule has 0 aliphatic heterocycles. The fourth-order valence-electron chi connectivity index (χ4n) is 1.65. The Kier molecular flexibility index (Phi) is 6.49. The van der Waals surface area contributed by atoms with E-state index in [2.05, 4.69) is 0 Å². The molecule has 7 heteroatoms. The average molecular weight is 316 g/mol. The highest BCUT2D eigenvalue weighted by Crippen LogP contribution is 2.26. The van der Waals surface area contributed by atoms with Crippen molar-refractivity contribution in [3.05, 3.63) is 29.8 Å². The second-order valence-corrected chi connectivity index (χ2v) is 4.58. The molecule has 0 spiro atoms. The van der Waals surface area contributed by atoms with E-state index in [0.29, 0.717) is 5.56 Å². The summed E-state index contributed by atoms with van der Waals surface area (Å²) in [6.45, 7) is 0.766. The van der Waals surface area contributed by atoms with Crippen molar-refractivity contribution in [1.82, 2.24) is 0 Å². The molecule has 7 nitrogen and oxygen atoms in total. The number of esters is 1. The standard InChI is InChI=1S/C16H16N2O5/c1-10(18)12(8-17)14(20)9-23-16(21)6-4-11-3-5-13(19)15(7-11)22-2/h3-7,12,18-19H,9H2,1-2H3/b6-4+,18-10?. The maximum atomic E-state index is 11.6. The number of carbonyl (C=O) groups is 2. The van der Waals surface area contributed by atoms with Crippen LogP contribution in [0.1, 0.15) is 12.5 Å². The summed E-state index contributed by atoms with van der Waals surface area (Å²) in [5, 5.41) is 25.5. The van der Waals surface area contributed by atoms with Crippen molar-refractivity contribution in [2.24, 2.45) is 5.92 Å². The van der Waals surface area contributed by atoms with E-state index in [-0.39, 0.29) is 17.2 Å². The molecule has 0 heterocycles. The molecule has 1 atom stereocenters. The fraction of sp³-hybridized carbons (Fsp3) is 0.250. The van der Waals surface area contributed by atoms with E-state index >= 15 is 0 Å². The van der Waals surface area contributed by atoms with Crippen molar-refractivity contribution in [2.75, 3.05) is 13.7 Å². The van der Waals surface area contributed by atoms with Crippen molar-refractivity contribution < 1.29 is 24.2 Å². The zero-order valence-electron chi connectivity index (χ0n) is 12.7. The first-order chi connectivity index (χ1) is 10.9. The number of hydrogen-bond donors (Lipinski definition) is 2. The number of rotatable bonds is 7. The summed E-state index contributed by atoms with van der Waals surface area (Å²) >= 11 is 0. The van der Waals surface area contributed by atoms with Gasteiger partial charge in [-0.2, -0.15) is 5.26 Å². The number of hydrogen-bond acceptors (Lipinski definition) is 7. The van der Waals surface area contributed by atoms with E-state index in [1.54, 1.807) is 12.1 Å². The Balaban J connectivity index is 2.62. The number of nitrogens with zero attached hydrogens (tertiary/aromatic N) is 1. The zero-order valence-corrected chi connectivity index (χ0v) is 12.7. The molecular weight excluding hydrogens is 300 g/mol. The van der Waals surface area contributed by atoms with Gasteiger partial charge in [0, 0.05) is 11.8 Å². The number of phenolic OH excluding ortho intramolecular Hbond substituents is 1. The highest BCUT2D eigenvalue weighted by atomic mass is 16.5. The van der Waals surface area contributed by atoms with Gasteiger partial charge in [-0.1, -0.05) is 6.07 Å². The lowest BCUT2D eigenvalue weighted by atomic mass is 10.0. The summed E-state index contributed by atoms with van der Waals surface area (Å²) in [5.41, 5.74) is 0.494. The Morgan fingerprint density at radius 1 is 1.48 bits per heavy atom. The number of phenols is 1. The molecule has 0 aromatic heterocycles. The van der Waals surface area contributed by atoms with E-state index in [1.165, 1.54) is 32.2 Å². The number of nitrogens with one attached hydrogen (secondary N) is 1. The summed E-state index contributed by atoms with van der Waals surface area (Å²) in [6, 6.07) is 6.18. The lowest BCUT2D eigenvalue weighted by Gasteiger charge is -2.06. The molecule has 2 N–H and O–H groups in total. The molecule has 0 aliphatic carbocycles. The first-order valence-electron chi connectivity index (χ1n) is 6.58. The molecule has 0 saturated heterocycles. The number of methoxy groups -OCH3 is 1. The number of benzene rings is 1. The van der Waals surface area contributed by atoms with Gasteiger partial charge in [0.05, 0.1) is 13.2 Å². The van der Waals surface area contributed by atoms with E-state index in [9.17, 15) is 14.7 Å². The highest BCUT2D eigenvalue weighted by molar-refractivity contribution is 6.06. The summed E-state index contributed by atoms with van der Waals surface area (Å²) < 4.78 is 9.67. The lowest BCUT2D eigenvalue weighted by molar-refractivity contribution is -0.143. The van der Waals surface area contributed by atoms with Gasteiger partial charge < -0.3 is 20.0 Å². The number of carbonyl (C=O) groups excluding carboxylic acids is 2. The predicted octanol–water partition coefficient (Wildman–Crippen LogP) is 1.71. The number of nitriles is 1. The maximum absolute atomic E-state index is 11.6. The molecule has 23 heavy (non-hydrogen) atoms. The van der Waals surface area contributed by atoms with Crippen molar-refractivity contribution in [3.63, 3.8) is 0 Å². The van der Waals surface area contributed by atoms with Crippen molar-refractivity contribution in [2.45, 2.75) is 6.92 Å². The third kappa shape index (κ3) is 5.28. The molecule has 120 valence electrons. The third-order valence-corrected chi connectivity index (χ3v) is 2.86. The minimum Gasteiger partial charge on any atom is -0.504 e. The SMILES string of the molecule is COc1cc(/C=C/C(=O)OCC(=O)C(C#N)C(C)=N)ccc1O. The second kappa shape index (κ2) is 8.34. The number of ketones is 1. The van der Waals surface area contributed by atoms with Crippen LogP contribution in [0.4, 0.5) is 0 Å². The Labute approximate surface area is 133 Å². The van der Waals surface area contributed by atoms with E-state index in [1.807, 2.05) is 0 Å². The lowest BCUT2D eigenvalue weighted by Crippen LogP contribution is -2.25. The molecule has 0 bridgehead atoms. The van der Waals surface area contributed by atoms with Crippen LogP contribution in [0.25, 0.3) is 6.08 Å². The molecule has 0 amide bonds. The molecule has 0 fully saturated rings. The van der Waals surface area contributed by atoms with Gasteiger partial charge in [-0.15, -0.1) is 0 Å². The Hall–Kier alpha value is -3.14. The largest absolute Gasteiger partial charge is 0.504 e. The van der Waals surface area contributed by atoms with Crippen LogP contribution >= 0.6 is 0 Å². The highest BCUT2D eigenvalue weighted by Gasteiger charge is 2.20. The van der Waals surface area contributed by atoms with Gasteiger partial charge in [-0.3, -0.25) is 4.79 Å². The molecule has 1 rings (SSSR count). The van der Waals surface area contributed by atoms with Gasteiger partial charge in [-0.25, -0.2) is 4.79 Å². The van der Waals surface area contributed by atoms with E-state index in [4.69, 9.17) is 20.1 Å². The Morgan fingerprint density at radius 2 is 2.17 bits per heavy atom. The topological polar surface area (TPSA) is 120 Å². The Bertz CT molecular complexity index is 688. The zero-order chi connectivity index (χ0) is 17.4. The van der Waals surface area contributed by atoms with E-state index < -0.39 is 24.3 Å². The summed E-state index contributed by atoms with van der Waals surface area (Å²) in [6.07, 6.45) is 2.54. The van der Waals surface area contributed by atoms with Crippen molar-refractivity contribution in [3.8, 4) is 17.6 Å². The number of aromatic hydroxyl groups is 1. The molecule has 0 radical (unpaired) electrons. The minimum atomic E-state index is -1.20. The van der Waals surface area contributed by atoms with Crippen LogP contribution in [0.5, 0.6) is 11.5 Å². The smallest absolute Gasteiger partial charge is 0.331 e. The van der Waals surface area contributed by atoms with Crippen LogP contribution in [-0.4, -0.2) is 36.3 Å². The Morgan fingerprint density at radius 3 is 2.74 bits per heavy atom.